The fraction of sp³-hybridized carbons (Fsp3) is 0.133. The van der Waals surface area contributed by atoms with E-state index in [4.69, 9.17) is 9.52 Å². The van der Waals surface area contributed by atoms with E-state index in [1.165, 1.54) is 13.2 Å². The molecule has 2 aromatic rings. The fourth-order valence-corrected chi connectivity index (χ4v) is 3.49. The largest absolute Gasteiger partial charge is 0.496 e. The lowest BCUT2D eigenvalue weighted by atomic mass is 10.1. The Morgan fingerprint density at radius 3 is 2.43 bits per heavy atom. The molecule has 0 saturated heterocycles. The van der Waals surface area contributed by atoms with Crippen molar-refractivity contribution in [2.75, 3.05) is 7.11 Å². The minimum absolute atomic E-state index is 0.0455. The number of methoxy groups -OCH3 is 1. The third-order valence-corrected chi connectivity index (χ3v) is 4.78. The van der Waals surface area contributed by atoms with Crippen molar-refractivity contribution in [1.82, 2.24) is 0 Å². The van der Waals surface area contributed by atoms with Gasteiger partial charge in [0.1, 0.15) is 11.3 Å². The van der Waals surface area contributed by atoms with Crippen LogP contribution in [-0.2, 0) is 15.5 Å². The van der Waals surface area contributed by atoms with E-state index in [0.717, 1.165) is 0 Å². The molecule has 2 rings (SSSR count). The summed E-state index contributed by atoms with van der Waals surface area (Å²) >= 11 is 0. The third kappa shape index (κ3) is 3.22. The van der Waals surface area contributed by atoms with Crippen LogP contribution in [-0.4, -0.2) is 22.4 Å². The molecule has 110 valence electrons. The van der Waals surface area contributed by atoms with Crippen LogP contribution < -0.4 is 4.74 Å². The van der Waals surface area contributed by atoms with Crippen LogP contribution >= 0.6 is 0 Å². The number of carbonyl (C=O) groups is 1. The van der Waals surface area contributed by atoms with Crippen molar-refractivity contribution in [3.63, 3.8) is 0 Å². The van der Waals surface area contributed by atoms with Crippen molar-refractivity contribution >= 4 is 15.7 Å². The first-order chi connectivity index (χ1) is 9.95. The van der Waals surface area contributed by atoms with E-state index >= 15 is 0 Å². The molecule has 21 heavy (non-hydrogen) atoms. The number of aromatic carboxylic acids is 1. The van der Waals surface area contributed by atoms with Crippen LogP contribution in [0.3, 0.4) is 0 Å². The Kier molecular flexibility index (Phi) is 4.28. The van der Waals surface area contributed by atoms with E-state index in [9.17, 15) is 14.1 Å². The Labute approximate surface area is 123 Å². The summed E-state index contributed by atoms with van der Waals surface area (Å²) < 4.78 is 25.7. The Morgan fingerprint density at radius 1 is 1.19 bits per heavy atom. The molecule has 0 radical (unpaired) electrons. The highest BCUT2D eigenvalue weighted by atomic mass is 32.2. The summed E-state index contributed by atoms with van der Waals surface area (Å²) in [7, 11) is -1.74. The highest BCUT2D eigenvalue weighted by Gasteiger charge is 2.20. The molecule has 0 aromatic heterocycles. The van der Waals surface area contributed by atoms with Crippen LogP contribution in [0.5, 0.6) is 5.75 Å². The van der Waals surface area contributed by atoms with Gasteiger partial charge >= 0.3 is 5.97 Å². The summed E-state index contributed by atoms with van der Waals surface area (Å²) in [5.41, 5.74) is 0.279. The molecule has 0 bridgehead atoms. The number of rotatable bonds is 5. The summed E-state index contributed by atoms with van der Waals surface area (Å²) in [6, 6.07) is 13.1. The van der Waals surface area contributed by atoms with E-state index in [0.29, 0.717) is 10.5 Å². The van der Waals surface area contributed by atoms with E-state index in [1.54, 1.807) is 42.5 Å². The van der Waals surface area contributed by atoms with Crippen molar-refractivity contribution in [3.8, 4) is 5.75 Å². The van der Waals surface area contributed by atoms with Crippen LogP contribution in [0.4, 0.5) is 0 Å². The predicted octanol–water partition coefficient (Wildman–Crippen LogP) is 3.00. The number of hydrogen-bond donors (Lipinski definition) is 2. The molecule has 0 aliphatic carbocycles. The highest BCUT2D eigenvalue weighted by molar-refractivity contribution is 7.91. The molecule has 0 saturated carbocycles. The molecule has 0 aliphatic rings. The van der Waals surface area contributed by atoms with Gasteiger partial charge in [0, 0.05) is 4.90 Å². The maximum Gasteiger partial charge on any atom is 0.339 e. The van der Waals surface area contributed by atoms with Crippen LogP contribution in [0.2, 0.25) is 0 Å². The summed E-state index contributed by atoms with van der Waals surface area (Å²) in [4.78, 5) is 11.8. The zero-order chi connectivity index (χ0) is 15.5. The normalized spacial score (nSPS) is 13.4. The molecule has 0 aliphatic heterocycles. The maximum absolute atomic E-state index is 12.6. The topological polar surface area (TPSA) is 87.5 Å². The second-order valence-electron chi connectivity index (χ2n) is 4.43. The molecular formula is C15H15NO4S. The third-order valence-electron chi connectivity index (χ3n) is 3.03. The van der Waals surface area contributed by atoms with Crippen LogP contribution in [0, 0.1) is 4.78 Å². The van der Waals surface area contributed by atoms with E-state index < -0.39 is 15.7 Å². The quantitative estimate of drug-likeness (QED) is 0.889. The van der Waals surface area contributed by atoms with E-state index in [1.807, 2.05) is 0 Å². The van der Waals surface area contributed by atoms with Crippen molar-refractivity contribution in [2.24, 2.45) is 0 Å². The standard InChI is InChI=1S/C15H15NO4S/c1-20-13-9-5-6-11(14(13)15(17)18)10-21(16,19)12-7-3-2-4-8-12/h2-9,16H,10H2,1H3,(H,17,18). The Bertz CT molecular complexity index is 754. The second kappa shape index (κ2) is 5.97. The molecular weight excluding hydrogens is 290 g/mol. The van der Waals surface area contributed by atoms with Crippen molar-refractivity contribution < 1.29 is 18.8 Å². The summed E-state index contributed by atoms with van der Waals surface area (Å²) in [5.74, 6) is -1.13. The lowest BCUT2D eigenvalue weighted by molar-refractivity contribution is 0.0692. The van der Waals surface area contributed by atoms with Crippen LogP contribution in [0.15, 0.2) is 53.4 Å². The van der Waals surface area contributed by atoms with Gasteiger partial charge in [0.15, 0.2) is 0 Å². The van der Waals surface area contributed by atoms with Crippen molar-refractivity contribution in [3.05, 3.63) is 59.7 Å². The molecule has 0 fully saturated rings. The van der Waals surface area contributed by atoms with Gasteiger partial charge in [-0.1, -0.05) is 30.3 Å². The van der Waals surface area contributed by atoms with Crippen LogP contribution in [0.1, 0.15) is 15.9 Å². The van der Waals surface area contributed by atoms with Gasteiger partial charge in [-0.25, -0.2) is 13.8 Å². The van der Waals surface area contributed by atoms with Gasteiger partial charge in [-0.2, -0.15) is 0 Å². The SMILES string of the molecule is COc1cccc(CS(=N)(=O)c2ccccc2)c1C(=O)O. The van der Waals surface area contributed by atoms with Gasteiger partial charge in [-0.3, -0.25) is 0 Å². The number of hydrogen-bond acceptors (Lipinski definition) is 4. The molecule has 5 nitrogen and oxygen atoms in total. The Balaban J connectivity index is 2.47. The Hall–Kier alpha value is -2.34. The van der Waals surface area contributed by atoms with Gasteiger partial charge in [-0.15, -0.1) is 0 Å². The smallest absolute Gasteiger partial charge is 0.339 e. The molecule has 2 aromatic carbocycles. The average Bonchev–Trinajstić information content (AvgIpc) is 2.47. The summed E-state index contributed by atoms with van der Waals surface area (Å²) in [5, 5.41) is 9.31. The minimum Gasteiger partial charge on any atom is -0.496 e. The molecule has 0 spiro atoms. The molecule has 1 unspecified atom stereocenters. The number of carboxylic acid groups (broad SMARTS) is 1. The molecule has 0 amide bonds. The molecule has 6 heteroatoms. The van der Waals surface area contributed by atoms with E-state index in [2.05, 4.69) is 0 Å². The number of carboxylic acids is 1. The first kappa shape index (κ1) is 15.1. The van der Waals surface area contributed by atoms with Crippen molar-refractivity contribution in [1.29, 1.82) is 4.78 Å². The second-order valence-corrected chi connectivity index (χ2v) is 6.54. The zero-order valence-electron chi connectivity index (χ0n) is 11.4. The first-order valence-corrected chi connectivity index (χ1v) is 7.89. The highest BCUT2D eigenvalue weighted by Crippen LogP contribution is 2.26. The minimum atomic E-state index is -3.11. The average molecular weight is 305 g/mol. The lowest BCUT2D eigenvalue weighted by Gasteiger charge is -2.12. The maximum atomic E-state index is 12.6. The lowest BCUT2D eigenvalue weighted by Crippen LogP contribution is -2.10. The van der Waals surface area contributed by atoms with Gasteiger partial charge in [0.05, 0.1) is 22.6 Å². The zero-order valence-corrected chi connectivity index (χ0v) is 12.2. The fourth-order valence-electron chi connectivity index (χ4n) is 2.05. The molecule has 1 atom stereocenters. The Morgan fingerprint density at radius 2 is 1.86 bits per heavy atom. The van der Waals surface area contributed by atoms with Gasteiger partial charge in [0.2, 0.25) is 0 Å². The molecule has 2 N–H and O–H groups in total. The molecule has 0 heterocycles. The van der Waals surface area contributed by atoms with Crippen LogP contribution in [0.25, 0.3) is 0 Å². The van der Waals surface area contributed by atoms with Crippen molar-refractivity contribution in [2.45, 2.75) is 10.6 Å². The van der Waals surface area contributed by atoms with Gasteiger partial charge < -0.3 is 9.84 Å². The van der Waals surface area contributed by atoms with E-state index in [-0.39, 0.29) is 17.1 Å². The van der Waals surface area contributed by atoms with Gasteiger partial charge in [-0.05, 0) is 23.8 Å². The summed E-state index contributed by atoms with van der Waals surface area (Å²) in [6.45, 7) is 0. The summed E-state index contributed by atoms with van der Waals surface area (Å²) in [6.07, 6.45) is 0. The first-order valence-electron chi connectivity index (χ1n) is 6.16. The number of nitrogens with one attached hydrogen (secondary N) is 1. The monoisotopic (exact) mass is 305 g/mol. The predicted molar refractivity (Wildman–Crippen MR) is 79.2 cm³/mol. The number of benzene rings is 2. The van der Waals surface area contributed by atoms with Gasteiger partial charge in [0.25, 0.3) is 0 Å². The number of ether oxygens (including phenoxy) is 1.